The standard InChI is InChI=1S/C17H19N5O3/c1-25-14(23)3-2-8-20-17(24)16-21-9-13(10-22-16)11-4-6-12(7-5-11)15(18)19/h4-7,9-10H,2-3,8H2,1H3,(H3,18,19)(H,20,24). The van der Waals surface area contributed by atoms with Crippen LogP contribution in [0.5, 0.6) is 0 Å². The molecule has 0 aliphatic rings. The van der Waals surface area contributed by atoms with Crippen LogP contribution in [0.4, 0.5) is 0 Å². The van der Waals surface area contributed by atoms with Gasteiger partial charge in [0.1, 0.15) is 5.84 Å². The van der Waals surface area contributed by atoms with Gasteiger partial charge >= 0.3 is 5.97 Å². The molecule has 1 aromatic heterocycles. The number of carbonyl (C=O) groups excluding carboxylic acids is 2. The molecule has 0 saturated carbocycles. The number of amidine groups is 1. The zero-order valence-corrected chi connectivity index (χ0v) is 13.8. The van der Waals surface area contributed by atoms with Crippen LogP contribution in [0.1, 0.15) is 29.0 Å². The van der Waals surface area contributed by atoms with E-state index in [9.17, 15) is 9.59 Å². The first-order chi connectivity index (χ1) is 12.0. The minimum Gasteiger partial charge on any atom is -0.469 e. The second-order valence-electron chi connectivity index (χ2n) is 5.22. The van der Waals surface area contributed by atoms with E-state index in [1.54, 1.807) is 24.5 Å². The predicted molar refractivity (Wildman–Crippen MR) is 92.1 cm³/mol. The molecule has 0 fully saturated rings. The van der Waals surface area contributed by atoms with E-state index in [0.717, 1.165) is 11.1 Å². The maximum Gasteiger partial charge on any atom is 0.305 e. The summed E-state index contributed by atoms with van der Waals surface area (Å²) in [4.78, 5) is 31.0. The van der Waals surface area contributed by atoms with E-state index in [1.807, 2.05) is 12.1 Å². The largest absolute Gasteiger partial charge is 0.469 e. The molecule has 0 aliphatic heterocycles. The first kappa shape index (κ1) is 18.1. The Balaban J connectivity index is 1.93. The van der Waals surface area contributed by atoms with E-state index in [0.29, 0.717) is 18.5 Å². The maximum absolute atomic E-state index is 11.9. The van der Waals surface area contributed by atoms with E-state index in [1.165, 1.54) is 7.11 Å². The second kappa shape index (κ2) is 8.53. The topological polar surface area (TPSA) is 131 Å². The Hall–Kier alpha value is -3.29. The number of nitrogens with two attached hydrogens (primary N) is 1. The van der Waals surface area contributed by atoms with Gasteiger partial charge in [0.2, 0.25) is 5.82 Å². The fourth-order valence-corrected chi connectivity index (χ4v) is 2.05. The van der Waals surface area contributed by atoms with Crippen LogP contribution in [0, 0.1) is 5.41 Å². The number of esters is 1. The van der Waals surface area contributed by atoms with Crippen molar-refractivity contribution in [2.24, 2.45) is 5.73 Å². The van der Waals surface area contributed by atoms with Crippen LogP contribution >= 0.6 is 0 Å². The molecule has 8 nitrogen and oxygen atoms in total. The summed E-state index contributed by atoms with van der Waals surface area (Å²) >= 11 is 0. The zero-order chi connectivity index (χ0) is 18.2. The molecule has 2 aromatic rings. The third kappa shape index (κ3) is 5.10. The summed E-state index contributed by atoms with van der Waals surface area (Å²) in [5.74, 6) is -0.654. The molecule has 1 heterocycles. The average Bonchev–Trinajstić information content (AvgIpc) is 2.65. The Morgan fingerprint density at radius 2 is 1.80 bits per heavy atom. The van der Waals surface area contributed by atoms with Crippen LogP contribution in [0.3, 0.4) is 0 Å². The number of aromatic nitrogens is 2. The van der Waals surface area contributed by atoms with Gasteiger partial charge in [-0.2, -0.15) is 0 Å². The quantitative estimate of drug-likeness (QED) is 0.299. The molecule has 130 valence electrons. The Morgan fingerprint density at radius 1 is 1.16 bits per heavy atom. The lowest BCUT2D eigenvalue weighted by Crippen LogP contribution is -2.26. The van der Waals surface area contributed by atoms with Gasteiger partial charge in [-0.15, -0.1) is 0 Å². The average molecular weight is 341 g/mol. The van der Waals surface area contributed by atoms with E-state index in [2.05, 4.69) is 20.0 Å². The molecular formula is C17H19N5O3. The van der Waals surface area contributed by atoms with Crippen molar-refractivity contribution in [3.05, 3.63) is 48.0 Å². The lowest BCUT2D eigenvalue weighted by atomic mass is 10.1. The first-order valence-corrected chi connectivity index (χ1v) is 7.63. The van der Waals surface area contributed by atoms with Crippen LogP contribution < -0.4 is 11.1 Å². The van der Waals surface area contributed by atoms with Gasteiger partial charge in [-0.05, 0) is 12.0 Å². The fourth-order valence-electron chi connectivity index (χ4n) is 2.05. The van der Waals surface area contributed by atoms with E-state index >= 15 is 0 Å². The molecular weight excluding hydrogens is 322 g/mol. The summed E-state index contributed by atoms with van der Waals surface area (Å²) in [6.07, 6.45) is 3.84. The molecule has 8 heteroatoms. The highest BCUT2D eigenvalue weighted by Gasteiger charge is 2.09. The Morgan fingerprint density at radius 3 is 2.36 bits per heavy atom. The van der Waals surface area contributed by atoms with Crippen molar-refractivity contribution in [2.45, 2.75) is 12.8 Å². The normalized spacial score (nSPS) is 10.1. The fraction of sp³-hybridized carbons (Fsp3) is 0.235. The van der Waals surface area contributed by atoms with Crippen molar-refractivity contribution in [2.75, 3.05) is 13.7 Å². The van der Waals surface area contributed by atoms with E-state index < -0.39 is 5.91 Å². The summed E-state index contributed by atoms with van der Waals surface area (Å²) in [5, 5.41) is 10.0. The third-order valence-electron chi connectivity index (χ3n) is 3.46. The summed E-state index contributed by atoms with van der Waals surface area (Å²) in [5.41, 5.74) is 7.65. The van der Waals surface area contributed by atoms with Crippen molar-refractivity contribution in [3.63, 3.8) is 0 Å². The predicted octanol–water partition coefficient (Wildman–Crippen LogP) is 1.11. The number of hydrogen-bond donors (Lipinski definition) is 3. The van der Waals surface area contributed by atoms with Gasteiger partial charge in [0.25, 0.3) is 5.91 Å². The molecule has 4 N–H and O–H groups in total. The van der Waals surface area contributed by atoms with Crippen molar-refractivity contribution in [3.8, 4) is 11.1 Å². The molecule has 0 spiro atoms. The number of amides is 1. The number of nitrogens with zero attached hydrogens (tertiary/aromatic N) is 2. The van der Waals surface area contributed by atoms with Gasteiger partial charge in [-0.25, -0.2) is 9.97 Å². The second-order valence-corrected chi connectivity index (χ2v) is 5.22. The number of methoxy groups -OCH3 is 1. The minimum atomic E-state index is -0.400. The van der Waals surface area contributed by atoms with Crippen molar-refractivity contribution >= 4 is 17.7 Å². The van der Waals surface area contributed by atoms with Gasteiger partial charge in [0, 0.05) is 36.5 Å². The van der Waals surface area contributed by atoms with Crippen LogP contribution in [-0.4, -0.2) is 41.3 Å². The molecule has 0 radical (unpaired) electrons. The summed E-state index contributed by atoms with van der Waals surface area (Å²) in [6, 6.07) is 7.09. The van der Waals surface area contributed by atoms with Crippen LogP contribution in [0.15, 0.2) is 36.7 Å². The van der Waals surface area contributed by atoms with Crippen molar-refractivity contribution in [1.29, 1.82) is 5.41 Å². The lowest BCUT2D eigenvalue weighted by molar-refractivity contribution is -0.140. The monoisotopic (exact) mass is 341 g/mol. The van der Waals surface area contributed by atoms with E-state index in [-0.39, 0.29) is 24.1 Å². The first-order valence-electron chi connectivity index (χ1n) is 7.63. The van der Waals surface area contributed by atoms with Gasteiger partial charge in [0.15, 0.2) is 0 Å². The Kier molecular flexibility index (Phi) is 6.16. The zero-order valence-electron chi connectivity index (χ0n) is 13.8. The number of nitrogens with one attached hydrogen (secondary N) is 2. The third-order valence-corrected chi connectivity index (χ3v) is 3.46. The number of rotatable bonds is 7. The number of nitrogen functional groups attached to an aromatic ring is 1. The molecule has 0 bridgehead atoms. The van der Waals surface area contributed by atoms with Gasteiger partial charge in [-0.3, -0.25) is 15.0 Å². The summed E-state index contributed by atoms with van der Waals surface area (Å²) in [7, 11) is 1.32. The van der Waals surface area contributed by atoms with Gasteiger partial charge in [0.05, 0.1) is 7.11 Å². The van der Waals surface area contributed by atoms with Crippen LogP contribution in [0.25, 0.3) is 11.1 Å². The van der Waals surface area contributed by atoms with Crippen molar-refractivity contribution < 1.29 is 14.3 Å². The molecule has 1 amide bonds. The Bertz CT molecular complexity index is 757. The molecule has 0 saturated heterocycles. The number of ether oxygens (including phenoxy) is 1. The smallest absolute Gasteiger partial charge is 0.305 e. The van der Waals surface area contributed by atoms with Gasteiger partial charge < -0.3 is 15.8 Å². The molecule has 0 atom stereocenters. The van der Waals surface area contributed by atoms with Crippen LogP contribution in [-0.2, 0) is 9.53 Å². The highest BCUT2D eigenvalue weighted by atomic mass is 16.5. The number of hydrogen-bond acceptors (Lipinski definition) is 6. The lowest BCUT2D eigenvalue weighted by Gasteiger charge is -2.05. The van der Waals surface area contributed by atoms with Gasteiger partial charge in [-0.1, -0.05) is 24.3 Å². The molecule has 1 aromatic carbocycles. The van der Waals surface area contributed by atoms with Crippen LogP contribution in [0.2, 0.25) is 0 Å². The molecule has 2 rings (SSSR count). The summed E-state index contributed by atoms with van der Waals surface area (Å²) in [6.45, 7) is 0.339. The number of carbonyl (C=O) groups is 2. The van der Waals surface area contributed by atoms with E-state index in [4.69, 9.17) is 11.1 Å². The summed E-state index contributed by atoms with van der Waals surface area (Å²) < 4.78 is 4.52. The van der Waals surface area contributed by atoms with Crippen molar-refractivity contribution in [1.82, 2.24) is 15.3 Å². The SMILES string of the molecule is COC(=O)CCCNC(=O)c1ncc(-c2ccc(C(=N)N)cc2)cn1. The highest BCUT2D eigenvalue weighted by molar-refractivity contribution is 5.95. The Labute approximate surface area is 144 Å². The maximum atomic E-state index is 11.9. The molecule has 0 unspecified atom stereocenters. The molecule has 0 aliphatic carbocycles. The number of benzene rings is 1. The minimum absolute atomic E-state index is 0.00187. The highest BCUT2D eigenvalue weighted by Crippen LogP contribution is 2.18. The molecule has 25 heavy (non-hydrogen) atoms.